The Morgan fingerprint density at radius 2 is 1.85 bits per heavy atom. The molecular formula is C15H22N2O3. The van der Waals surface area contributed by atoms with Gasteiger partial charge in [-0.3, -0.25) is 4.79 Å². The standard InChI is InChI=1S/C15H22N2O3/c1-3-9-17(4-2)15(20)16-11-13-8-6-5-7-12(13)10-14(18)19/h5-8H,3-4,9-11H2,1-2H3,(H,16,20)(H,18,19). The fraction of sp³-hybridized carbons (Fsp3) is 0.467. The van der Waals surface area contributed by atoms with E-state index in [4.69, 9.17) is 5.11 Å². The van der Waals surface area contributed by atoms with Gasteiger partial charge in [-0.05, 0) is 24.5 Å². The number of carboxylic acids is 1. The van der Waals surface area contributed by atoms with Crippen LogP contribution in [0.15, 0.2) is 24.3 Å². The predicted octanol–water partition coefficient (Wildman–Crippen LogP) is 2.26. The average Bonchev–Trinajstić information content (AvgIpc) is 2.43. The van der Waals surface area contributed by atoms with Gasteiger partial charge in [0.15, 0.2) is 0 Å². The first-order valence-electron chi connectivity index (χ1n) is 6.89. The van der Waals surface area contributed by atoms with E-state index in [2.05, 4.69) is 5.32 Å². The fourth-order valence-corrected chi connectivity index (χ4v) is 2.02. The molecule has 0 unspecified atom stereocenters. The smallest absolute Gasteiger partial charge is 0.317 e. The molecule has 0 radical (unpaired) electrons. The second kappa shape index (κ2) is 8.19. The topological polar surface area (TPSA) is 69.6 Å². The number of carbonyl (C=O) groups excluding carboxylic acids is 1. The van der Waals surface area contributed by atoms with Crippen LogP contribution < -0.4 is 5.32 Å². The first-order valence-corrected chi connectivity index (χ1v) is 6.89. The fourth-order valence-electron chi connectivity index (χ4n) is 2.02. The van der Waals surface area contributed by atoms with E-state index < -0.39 is 5.97 Å². The summed E-state index contributed by atoms with van der Waals surface area (Å²) in [5, 5.41) is 11.7. The largest absolute Gasteiger partial charge is 0.481 e. The van der Waals surface area contributed by atoms with Gasteiger partial charge in [0.2, 0.25) is 0 Å². The average molecular weight is 278 g/mol. The van der Waals surface area contributed by atoms with Crippen molar-refractivity contribution in [1.29, 1.82) is 0 Å². The van der Waals surface area contributed by atoms with Gasteiger partial charge in [-0.25, -0.2) is 4.79 Å². The number of nitrogens with zero attached hydrogens (tertiary/aromatic N) is 1. The molecule has 0 heterocycles. The molecule has 0 aromatic heterocycles. The summed E-state index contributed by atoms with van der Waals surface area (Å²) in [4.78, 5) is 24.5. The third-order valence-electron chi connectivity index (χ3n) is 3.05. The minimum atomic E-state index is -0.870. The van der Waals surface area contributed by atoms with Crippen molar-refractivity contribution in [3.63, 3.8) is 0 Å². The molecule has 20 heavy (non-hydrogen) atoms. The van der Waals surface area contributed by atoms with Crippen molar-refractivity contribution in [2.24, 2.45) is 0 Å². The molecule has 0 aliphatic carbocycles. The van der Waals surface area contributed by atoms with Crippen LogP contribution in [0.4, 0.5) is 4.79 Å². The normalized spacial score (nSPS) is 10.1. The Morgan fingerprint density at radius 3 is 2.40 bits per heavy atom. The lowest BCUT2D eigenvalue weighted by molar-refractivity contribution is -0.136. The van der Waals surface area contributed by atoms with Crippen LogP contribution in [0.1, 0.15) is 31.4 Å². The van der Waals surface area contributed by atoms with Gasteiger partial charge in [-0.2, -0.15) is 0 Å². The highest BCUT2D eigenvalue weighted by atomic mass is 16.4. The van der Waals surface area contributed by atoms with Crippen LogP contribution in [0.3, 0.4) is 0 Å². The molecule has 110 valence electrons. The van der Waals surface area contributed by atoms with Crippen LogP contribution in [-0.2, 0) is 17.8 Å². The summed E-state index contributed by atoms with van der Waals surface area (Å²) in [6.07, 6.45) is 0.884. The number of urea groups is 1. The molecule has 0 spiro atoms. The highest BCUT2D eigenvalue weighted by Crippen LogP contribution is 2.09. The zero-order chi connectivity index (χ0) is 15.0. The second-order valence-corrected chi connectivity index (χ2v) is 4.58. The Balaban J connectivity index is 2.65. The lowest BCUT2D eigenvalue weighted by Crippen LogP contribution is -2.40. The molecule has 2 N–H and O–H groups in total. The van der Waals surface area contributed by atoms with Crippen molar-refractivity contribution < 1.29 is 14.7 Å². The van der Waals surface area contributed by atoms with E-state index in [0.717, 1.165) is 24.1 Å². The first-order chi connectivity index (χ1) is 9.58. The summed E-state index contributed by atoms with van der Waals surface area (Å²) in [6, 6.07) is 7.16. The molecule has 5 nitrogen and oxygen atoms in total. The van der Waals surface area contributed by atoms with Gasteiger partial charge in [-0.15, -0.1) is 0 Å². The molecule has 0 saturated heterocycles. The molecular weight excluding hydrogens is 256 g/mol. The second-order valence-electron chi connectivity index (χ2n) is 4.58. The van der Waals surface area contributed by atoms with Gasteiger partial charge in [0, 0.05) is 19.6 Å². The third-order valence-corrected chi connectivity index (χ3v) is 3.05. The SMILES string of the molecule is CCCN(CC)C(=O)NCc1ccccc1CC(=O)O. The van der Waals surface area contributed by atoms with E-state index in [1.807, 2.05) is 26.0 Å². The number of hydrogen-bond donors (Lipinski definition) is 2. The van der Waals surface area contributed by atoms with Crippen LogP contribution in [0, 0.1) is 0 Å². The summed E-state index contributed by atoms with van der Waals surface area (Å²) >= 11 is 0. The number of rotatable bonds is 7. The molecule has 5 heteroatoms. The number of benzene rings is 1. The third kappa shape index (κ3) is 4.91. The van der Waals surface area contributed by atoms with E-state index in [1.54, 1.807) is 17.0 Å². The van der Waals surface area contributed by atoms with Gasteiger partial charge in [0.25, 0.3) is 0 Å². The molecule has 0 bridgehead atoms. The van der Waals surface area contributed by atoms with Crippen molar-refractivity contribution in [3.8, 4) is 0 Å². The molecule has 1 aromatic carbocycles. The highest BCUT2D eigenvalue weighted by Gasteiger charge is 2.11. The Kier molecular flexibility index (Phi) is 6.56. The Hall–Kier alpha value is -2.04. The van der Waals surface area contributed by atoms with E-state index >= 15 is 0 Å². The Morgan fingerprint density at radius 1 is 1.20 bits per heavy atom. The van der Waals surface area contributed by atoms with E-state index in [0.29, 0.717) is 13.1 Å². The molecule has 0 fully saturated rings. The first kappa shape index (κ1) is 16.0. The van der Waals surface area contributed by atoms with E-state index in [-0.39, 0.29) is 12.5 Å². The summed E-state index contributed by atoms with van der Waals surface area (Å²) < 4.78 is 0. The summed E-state index contributed by atoms with van der Waals surface area (Å²) in [6.45, 7) is 5.70. The van der Waals surface area contributed by atoms with Crippen molar-refractivity contribution in [3.05, 3.63) is 35.4 Å². The maximum atomic E-state index is 12.0. The van der Waals surface area contributed by atoms with E-state index in [9.17, 15) is 9.59 Å². The molecule has 0 saturated carbocycles. The van der Waals surface area contributed by atoms with Gasteiger partial charge < -0.3 is 15.3 Å². The number of nitrogens with one attached hydrogen (secondary N) is 1. The van der Waals surface area contributed by atoms with Crippen molar-refractivity contribution >= 4 is 12.0 Å². The van der Waals surface area contributed by atoms with Crippen molar-refractivity contribution in [2.75, 3.05) is 13.1 Å². The van der Waals surface area contributed by atoms with Gasteiger partial charge in [0.05, 0.1) is 6.42 Å². The summed E-state index contributed by atoms with van der Waals surface area (Å²) in [5.74, 6) is -0.870. The number of amides is 2. The summed E-state index contributed by atoms with van der Waals surface area (Å²) in [7, 11) is 0. The molecule has 2 amide bonds. The lowest BCUT2D eigenvalue weighted by atomic mass is 10.0. The Bertz CT molecular complexity index is 460. The van der Waals surface area contributed by atoms with Crippen LogP contribution in [0.5, 0.6) is 0 Å². The van der Waals surface area contributed by atoms with Crippen LogP contribution in [0.2, 0.25) is 0 Å². The lowest BCUT2D eigenvalue weighted by Gasteiger charge is -2.21. The maximum Gasteiger partial charge on any atom is 0.317 e. The van der Waals surface area contributed by atoms with Gasteiger partial charge >= 0.3 is 12.0 Å². The maximum absolute atomic E-state index is 12.0. The Labute approximate surface area is 119 Å². The minimum Gasteiger partial charge on any atom is -0.481 e. The number of aliphatic carboxylic acids is 1. The number of hydrogen-bond acceptors (Lipinski definition) is 2. The predicted molar refractivity (Wildman–Crippen MR) is 77.6 cm³/mol. The molecule has 0 atom stereocenters. The molecule has 1 rings (SSSR count). The van der Waals surface area contributed by atoms with Crippen molar-refractivity contribution in [1.82, 2.24) is 10.2 Å². The van der Waals surface area contributed by atoms with Gasteiger partial charge in [-0.1, -0.05) is 31.2 Å². The van der Waals surface area contributed by atoms with Gasteiger partial charge in [0.1, 0.15) is 0 Å². The number of carboxylic acid groups (broad SMARTS) is 1. The molecule has 0 aliphatic heterocycles. The van der Waals surface area contributed by atoms with E-state index in [1.165, 1.54) is 0 Å². The van der Waals surface area contributed by atoms with Crippen LogP contribution in [0.25, 0.3) is 0 Å². The zero-order valence-electron chi connectivity index (χ0n) is 12.1. The highest BCUT2D eigenvalue weighted by molar-refractivity contribution is 5.74. The molecule has 0 aliphatic rings. The molecule has 1 aromatic rings. The minimum absolute atomic E-state index is 0.0293. The zero-order valence-corrected chi connectivity index (χ0v) is 12.1. The summed E-state index contributed by atoms with van der Waals surface area (Å²) in [5.41, 5.74) is 1.58. The quantitative estimate of drug-likeness (QED) is 0.803. The van der Waals surface area contributed by atoms with Crippen LogP contribution >= 0.6 is 0 Å². The monoisotopic (exact) mass is 278 g/mol. The van der Waals surface area contributed by atoms with Crippen molar-refractivity contribution in [2.45, 2.75) is 33.2 Å². The van der Waals surface area contributed by atoms with Crippen LogP contribution in [-0.4, -0.2) is 35.1 Å². The number of carbonyl (C=O) groups is 2.